The van der Waals surface area contributed by atoms with E-state index >= 15 is 0 Å². The molecule has 0 heterocycles. The van der Waals surface area contributed by atoms with E-state index in [0.29, 0.717) is 16.2 Å². The molecule has 0 atom stereocenters. The summed E-state index contributed by atoms with van der Waals surface area (Å²) in [6.45, 7) is 103. The average molecular weight is 903 g/mol. The normalized spacial score (nSPS) is 15.9. The lowest BCUT2D eigenvalue weighted by Crippen LogP contribution is -2.62. The van der Waals surface area contributed by atoms with Gasteiger partial charge in [-0.15, -0.1) is 0 Å². The summed E-state index contributed by atoms with van der Waals surface area (Å²) in [5, 5.41) is 0. The standard InChI is InChI=1S/C17H36.C16H32.C15H33N.C15H30/c1-13(2,3)15(7,8)17(11,12)16(9,10)14(4,5)6;1-12(13(2,3)4)15(8,9)16(10,11)14(5,6)7;1-12(2,3)14(7,8)15(9,10)16(11)13(4,5)6;1-11(13(3,4)5)12(2)15(9,10)14(6,7)8/h1-12H3;1H2,2-11H3;1-11H3;1-10H3/b;;;12-11-. The monoisotopic (exact) mass is 902 g/mol. The van der Waals surface area contributed by atoms with E-state index in [1.54, 1.807) is 5.57 Å². The lowest BCUT2D eigenvalue weighted by atomic mass is 9.43. The summed E-state index contributed by atoms with van der Waals surface area (Å²) in [5.74, 6) is 0. The van der Waals surface area contributed by atoms with Gasteiger partial charge >= 0.3 is 0 Å². The van der Waals surface area contributed by atoms with E-state index in [2.05, 4.69) is 309 Å². The molecule has 0 N–H and O–H groups in total. The fraction of sp³-hybridized carbons (Fsp3) is 0.937. The largest absolute Gasteiger partial charge is 0.296 e. The number of rotatable bonds is 7. The van der Waals surface area contributed by atoms with Crippen LogP contribution in [0.1, 0.15) is 291 Å². The molecule has 0 aromatic heterocycles. The zero-order valence-electron chi connectivity index (χ0n) is 53.7. The Balaban J connectivity index is -0.000000375. The molecule has 388 valence electrons. The molecule has 0 aromatic rings. The highest BCUT2D eigenvalue weighted by atomic mass is 15.2. The van der Waals surface area contributed by atoms with E-state index in [1.807, 2.05) is 0 Å². The first-order chi connectivity index (χ1) is 26.6. The highest BCUT2D eigenvalue weighted by Crippen LogP contribution is 2.64. The molecule has 0 rings (SSSR count). The minimum atomic E-state index is 0.128. The molecule has 0 bridgehead atoms. The van der Waals surface area contributed by atoms with Gasteiger partial charge in [-0.2, -0.15) is 0 Å². The molecule has 0 saturated heterocycles. The van der Waals surface area contributed by atoms with Gasteiger partial charge in [-0.1, -0.05) is 266 Å². The maximum absolute atomic E-state index is 4.38. The van der Waals surface area contributed by atoms with Crippen molar-refractivity contribution in [1.29, 1.82) is 0 Å². The molecular weight excluding hydrogens is 771 g/mol. The van der Waals surface area contributed by atoms with Crippen LogP contribution in [0.2, 0.25) is 0 Å². The summed E-state index contributed by atoms with van der Waals surface area (Å²) in [7, 11) is 2.24. The first-order valence-electron chi connectivity index (χ1n) is 25.7. The van der Waals surface area contributed by atoms with Gasteiger partial charge in [0.05, 0.1) is 0 Å². The fourth-order valence-electron chi connectivity index (χ4n) is 8.68. The van der Waals surface area contributed by atoms with Gasteiger partial charge in [0.15, 0.2) is 0 Å². The van der Waals surface area contributed by atoms with Gasteiger partial charge in [-0.3, -0.25) is 4.90 Å². The van der Waals surface area contributed by atoms with Crippen LogP contribution in [0.25, 0.3) is 0 Å². The highest BCUT2D eigenvalue weighted by molar-refractivity contribution is 5.24. The molecule has 0 spiro atoms. The van der Waals surface area contributed by atoms with Gasteiger partial charge in [0.2, 0.25) is 0 Å². The van der Waals surface area contributed by atoms with Crippen LogP contribution in [0.15, 0.2) is 23.3 Å². The third kappa shape index (κ3) is 15.5. The van der Waals surface area contributed by atoms with Gasteiger partial charge in [0, 0.05) is 11.1 Å². The van der Waals surface area contributed by atoms with Crippen molar-refractivity contribution < 1.29 is 0 Å². The Labute approximate surface area is 411 Å². The van der Waals surface area contributed by atoms with Crippen LogP contribution in [0, 0.1) is 75.8 Å². The quantitative estimate of drug-likeness (QED) is 0.230. The first kappa shape index (κ1) is 70.0. The number of hydrogen-bond donors (Lipinski definition) is 0. The molecule has 1 nitrogen and oxygen atoms in total. The van der Waals surface area contributed by atoms with Crippen LogP contribution in [-0.2, 0) is 0 Å². The fourth-order valence-corrected chi connectivity index (χ4v) is 8.68. The van der Waals surface area contributed by atoms with Gasteiger partial charge in [0.25, 0.3) is 0 Å². The Bertz CT molecular complexity index is 1450. The molecule has 0 aliphatic heterocycles. The third-order valence-corrected chi connectivity index (χ3v) is 21.7. The molecule has 0 aliphatic rings. The summed E-state index contributed by atoms with van der Waals surface area (Å²) in [6, 6.07) is 0. The van der Waals surface area contributed by atoms with E-state index < -0.39 is 0 Å². The average Bonchev–Trinajstić information content (AvgIpc) is 2.99. The van der Waals surface area contributed by atoms with E-state index in [0.717, 1.165) is 0 Å². The summed E-state index contributed by atoms with van der Waals surface area (Å²) in [4.78, 5) is 2.51. The predicted molar refractivity (Wildman–Crippen MR) is 302 cm³/mol. The van der Waals surface area contributed by atoms with Crippen LogP contribution in [-0.4, -0.2) is 23.0 Å². The zero-order valence-corrected chi connectivity index (χ0v) is 53.7. The van der Waals surface area contributed by atoms with Crippen molar-refractivity contribution in [3.05, 3.63) is 23.3 Å². The van der Waals surface area contributed by atoms with Crippen molar-refractivity contribution in [3.8, 4) is 0 Å². The SMILES string of the molecule is C/C(=C(\C)C(C)(C)C(C)(C)C)C(C)(C)C.C=C(C(C)(C)C)C(C)(C)C(C)(C)C(C)(C)C.CC(C)(C)C(C)(C)C(C)(C)C(C)(C)C(C)(C)C.CN(C(C)(C)C)C(C)(C)C(C)(C)C(C)(C)C. The number of allylic oxidation sites excluding steroid dienone is 3. The Morgan fingerprint density at radius 1 is 0.281 bits per heavy atom. The lowest BCUT2D eigenvalue weighted by Gasteiger charge is -2.62. The molecule has 0 fully saturated rings. The van der Waals surface area contributed by atoms with Crippen molar-refractivity contribution in [2.24, 2.45) is 75.8 Å². The Hall–Kier alpha value is -0.560. The van der Waals surface area contributed by atoms with Crippen LogP contribution in [0.5, 0.6) is 0 Å². The lowest BCUT2D eigenvalue weighted by molar-refractivity contribution is -0.131. The molecular formula is C63H131N. The first-order valence-corrected chi connectivity index (χ1v) is 25.7. The minimum Gasteiger partial charge on any atom is -0.296 e. The van der Waals surface area contributed by atoms with Crippen molar-refractivity contribution in [2.75, 3.05) is 7.05 Å². The maximum atomic E-state index is 4.38. The molecule has 0 amide bonds. The van der Waals surface area contributed by atoms with Gasteiger partial charge in [0.1, 0.15) is 0 Å². The van der Waals surface area contributed by atoms with Crippen LogP contribution < -0.4 is 0 Å². The second kappa shape index (κ2) is 20.4. The number of nitrogens with zero attached hydrogens (tertiary/aromatic N) is 1. The Kier molecular flexibility index (Phi) is 22.3. The molecule has 0 aliphatic carbocycles. The van der Waals surface area contributed by atoms with E-state index in [-0.39, 0.29) is 70.6 Å². The molecule has 1 heteroatoms. The summed E-state index contributed by atoms with van der Waals surface area (Å²) in [5.41, 5.74) is 8.35. The predicted octanol–water partition coefficient (Wildman–Crippen LogP) is 21.9. The summed E-state index contributed by atoms with van der Waals surface area (Å²) in [6.07, 6.45) is 0. The van der Waals surface area contributed by atoms with Gasteiger partial charge in [-0.25, -0.2) is 0 Å². The summed E-state index contributed by atoms with van der Waals surface area (Å²) < 4.78 is 0. The van der Waals surface area contributed by atoms with Crippen LogP contribution in [0.3, 0.4) is 0 Å². The van der Waals surface area contributed by atoms with Crippen molar-refractivity contribution in [3.63, 3.8) is 0 Å². The topological polar surface area (TPSA) is 3.24 Å². The van der Waals surface area contributed by atoms with Gasteiger partial charge in [-0.05, 0) is 131 Å². The van der Waals surface area contributed by atoms with Crippen molar-refractivity contribution in [2.45, 2.75) is 302 Å². The maximum Gasteiger partial charge on any atom is 0.0211 e. The number of hydrogen-bond acceptors (Lipinski definition) is 1. The minimum absolute atomic E-state index is 0.128. The van der Waals surface area contributed by atoms with E-state index in [4.69, 9.17) is 0 Å². The molecule has 0 unspecified atom stereocenters. The third-order valence-electron chi connectivity index (χ3n) is 21.7. The molecule has 64 heavy (non-hydrogen) atoms. The smallest absolute Gasteiger partial charge is 0.0211 e. The second-order valence-electron chi connectivity index (χ2n) is 33.1. The Morgan fingerprint density at radius 3 is 0.703 bits per heavy atom. The van der Waals surface area contributed by atoms with Crippen molar-refractivity contribution >= 4 is 0 Å². The van der Waals surface area contributed by atoms with Crippen molar-refractivity contribution in [1.82, 2.24) is 4.90 Å². The second-order valence-corrected chi connectivity index (χ2v) is 33.1. The molecule has 0 aromatic carbocycles. The zero-order chi connectivity index (χ0) is 54.3. The summed E-state index contributed by atoms with van der Waals surface area (Å²) >= 11 is 0. The van der Waals surface area contributed by atoms with Crippen LogP contribution in [0.4, 0.5) is 0 Å². The molecule has 0 radical (unpaired) electrons. The van der Waals surface area contributed by atoms with Crippen LogP contribution >= 0.6 is 0 Å². The van der Waals surface area contributed by atoms with E-state index in [1.165, 1.54) is 11.1 Å². The highest BCUT2D eigenvalue weighted by Gasteiger charge is 2.56. The van der Waals surface area contributed by atoms with Gasteiger partial charge < -0.3 is 0 Å². The molecule has 0 saturated carbocycles. The van der Waals surface area contributed by atoms with E-state index in [9.17, 15) is 0 Å². The Morgan fingerprint density at radius 2 is 0.531 bits per heavy atom.